The van der Waals surface area contributed by atoms with Gasteiger partial charge in [0.05, 0.1) is 11.9 Å². The van der Waals surface area contributed by atoms with E-state index < -0.39 is 21.6 Å². The molecular weight excluding hydrogens is 570 g/mol. The summed E-state index contributed by atoms with van der Waals surface area (Å²) in [6.45, 7) is 9.86. The Morgan fingerprint density at radius 3 is 2.19 bits per heavy atom. The fraction of sp³-hybridized carbons (Fsp3) is 0.394. The lowest BCUT2D eigenvalue weighted by Crippen LogP contribution is -2.54. The van der Waals surface area contributed by atoms with Crippen LogP contribution in [0.1, 0.15) is 55.9 Å². The van der Waals surface area contributed by atoms with E-state index in [0.717, 1.165) is 22.3 Å². The molecule has 0 aliphatic carbocycles. The fourth-order valence-corrected chi connectivity index (χ4v) is 6.06. The Labute approximate surface area is 255 Å². The van der Waals surface area contributed by atoms with Gasteiger partial charge in [0.1, 0.15) is 6.04 Å². The number of sulfonamides is 1. The Balaban J connectivity index is 1.92. The van der Waals surface area contributed by atoms with Gasteiger partial charge in [0, 0.05) is 36.5 Å². The van der Waals surface area contributed by atoms with E-state index in [2.05, 4.69) is 5.32 Å². The molecule has 0 aliphatic heterocycles. The standard InChI is InChI=1S/C33H42ClN3O4S/c1-24-13-10-18-29(25(24)2)37(42(6,40)41)20-12-19-31(38)36(23-27-16-11-17-28(34)21-27)30(32(39)35-33(3,4)5)22-26-14-8-7-9-15-26/h7-11,13-18,21,30H,12,19-20,22-23H2,1-6H3,(H,35,39)/t30-/m0/s1. The number of nitrogens with one attached hydrogen (secondary N) is 1. The quantitative estimate of drug-likeness (QED) is 0.270. The number of nitrogens with zero attached hydrogens (tertiary/aromatic N) is 2. The number of carbonyl (C=O) groups is 2. The molecule has 42 heavy (non-hydrogen) atoms. The number of amides is 2. The minimum absolute atomic E-state index is 0.0610. The van der Waals surface area contributed by atoms with Crippen molar-refractivity contribution in [3.05, 3.63) is 100 Å². The summed E-state index contributed by atoms with van der Waals surface area (Å²) < 4.78 is 26.9. The van der Waals surface area contributed by atoms with Crippen LogP contribution in [-0.4, -0.2) is 49.5 Å². The van der Waals surface area contributed by atoms with Crippen molar-refractivity contribution in [3.8, 4) is 0 Å². The second kappa shape index (κ2) is 14.2. The number of hydrogen-bond acceptors (Lipinski definition) is 4. The molecule has 226 valence electrons. The second-order valence-electron chi connectivity index (χ2n) is 11.8. The van der Waals surface area contributed by atoms with Gasteiger partial charge in [0.15, 0.2) is 0 Å². The van der Waals surface area contributed by atoms with E-state index in [-0.39, 0.29) is 37.7 Å². The molecule has 1 atom stereocenters. The van der Waals surface area contributed by atoms with Crippen molar-refractivity contribution in [3.63, 3.8) is 0 Å². The van der Waals surface area contributed by atoms with Gasteiger partial charge in [-0.25, -0.2) is 8.42 Å². The SMILES string of the molecule is Cc1cccc(N(CCCC(=O)N(Cc2cccc(Cl)c2)[C@@H](Cc2ccccc2)C(=O)NC(C)(C)C)S(C)(=O)=O)c1C. The Hall–Kier alpha value is -3.36. The third-order valence-electron chi connectivity index (χ3n) is 7.01. The van der Waals surface area contributed by atoms with Crippen molar-refractivity contribution in [2.45, 2.75) is 72.0 Å². The highest BCUT2D eigenvalue weighted by Crippen LogP contribution is 2.26. The molecule has 3 aromatic carbocycles. The summed E-state index contributed by atoms with van der Waals surface area (Å²) in [5.41, 5.74) is 3.68. The van der Waals surface area contributed by atoms with Crippen LogP contribution in [0.2, 0.25) is 5.02 Å². The molecule has 0 spiro atoms. The Morgan fingerprint density at radius 2 is 1.57 bits per heavy atom. The Bertz CT molecular complexity index is 1490. The maximum Gasteiger partial charge on any atom is 0.243 e. The normalized spacial score (nSPS) is 12.5. The molecule has 0 radical (unpaired) electrons. The van der Waals surface area contributed by atoms with Crippen molar-refractivity contribution >= 4 is 39.1 Å². The number of aryl methyl sites for hydroxylation is 1. The van der Waals surface area contributed by atoms with E-state index >= 15 is 0 Å². The molecule has 0 bridgehead atoms. The number of hydrogen-bond donors (Lipinski definition) is 1. The van der Waals surface area contributed by atoms with Crippen LogP contribution in [0.25, 0.3) is 0 Å². The summed E-state index contributed by atoms with van der Waals surface area (Å²) in [6.07, 6.45) is 1.84. The van der Waals surface area contributed by atoms with Crippen LogP contribution in [0.5, 0.6) is 0 Å². The largest absolute Gasteiger partial charge is 0.350 e. The first-order valence-electron chi connectivity index (χ1n) is 14.1. The summed E-state index contributed by atoms with van der Waals surface area (Å²) in [7, 11) is -3.59. The highest BCUT2D eigenvalue weighted by atomic mass is 35.5. The van der Waals surface area contributed by atoms with Gasteiger partial charge in [-0.1, -0.05) is 66.2 Å². The Morgan fingerprint density at radius 1 is 0.929 bits per heavy atom. The predicted octanol–water partition coefficient (Wildman–Crippen LogP) is 6.06. The molecule has 0 saturated heterocycles. The molecule has 1 N–H and O–H groups in total. The van der Waals surface area contributed by atoms with E-state index in [9.17, 15) is 18.0 Å². The Kier molecular flexibility index (Phi) is 11.2. The van der Waals surface area contributed by atoms with Crippen molar-refractivity contribution in [2.24, 2.45) is 0 Å². The minimum atomic E-state index is -3.59. The first-order chi connectivity index (χ1) is 19.7. The van der Waals surface area contributed by atoms with Crippen molar-refractivity contribution in [2.75, 3.05) is 17.1 Å². The summed E-state index contributed by atoms with van der Waals surface area (Å²) >= 11 is 6.26. The molecule has 0 aromatic heterocycles. The third-order valence-corrected chi connectivity index (χ3v) is 8.42. The third kappa shape index (κ3) is 9.60. The number of rotatable bonds is 12. The van der Waals surface area contributed by atoms with Crippen LogP contribution in [-0.2, 0) is 32.6 Å². The number of anilines is 1. The summed E-state index contributed by atoms with van der Waals surface area (Å²) in [5, 5.41) is 3.59. The second-order valence-corrected chi connectivity index (χ2v) is 14.1. The van der Waals surface area contributed by atoms with Gasteiger partial charge in [-0.05, 0) is 81.5 Å². The lowest BCUT2D eigenvalue weighted by molar-refractivity contribution is -0.142. The first-order valence-corrected chi connectivity index (χ1v) is 16.3. The zero-order valence-electron chi connectivity index (χ0n) is 25.4. The summed E-state index contributed by atoms with van der Waals surface area (Å²) in [4.78, 5) is 29.3. The van der Waals surface area contributed by atoms with Gasteiger partial charge < -0.3 is 10.2 Å². The van der Waals surface area contributed by atoms with Gasteiger partial charge in [-0.3, -0.25) is 13.9 Å². The fourth-order valence-electron chi connectivity index (χ4n) is 4.83. The first kappa shape index (κ1) is 33.1. The number of benzene rings is 3. The van der Waals surface area contributed by atoms with Crippen molar-refractivity contribution in [1.29, 1.82) is 0 Å². The molecule has 9 heteroatoms. The zero-order chi connectivity index (χ0) is 31.1. The van der Waals surface area contributed by atoms with E-state index in [1.54, 1.807) is 23.1 Å². The van der Waals surface area contributed by atoms with Gasteiger partial charge in [0.2, 0.25) is 21.8 Å². The molecule has 0 heterocycles. The van der Waals surface area contributed by atoms with E-state index in [1.807, 2.05) is 89.2 Å². The maximum atomic E-state index is 14.0. The maximum absolute atomic E-state index is 14.0. The van der Waals surface area contributed by atoms with Crippen LogP contribution < -0.4 is 9.62 Å². The summed E-state index contributed by atoms with van der Waals surface area (Å²) in [6, 6.07) is 21.6. The van der Waals surface area contributed by atoms with Crippen molar-refractivity contribution < 1.29 is 18.0 Å². The van der Waals surface area contributed by atoms with Crippen LogP contribution >= 0.6 is 11.6 Å². The highest BCUT2D eigenvalue weighted by Gasteiger charge is 2.32. The molecule has 0 unspecified atom stereocenters. The molecule has 3 aromatic rings. The van der Waals surface area contributed by atoms with E-state index in [4.69, 9.17) is 11.6 Å². The van der Waals surface area contributed by atoms with Crippen LogP contribution in [0, 0.1) is 13.8 Å². The number of carbonyl (C=O) groups excluding carboxylic acids is 2. The molecule has 7 nitrogen and oxygen atoms in total. The van der Waals surface area contributed by atoms with E-state index in [0.29, 0.717) is 17.1 Å². The van der Waals surface area contributed by atoms with Gasteiger partial charge in [-0.2, -0.15) is 0 Å². The van der Waals surface area contributed by atoms with E-state index in [1.165, 1.54) is 10.6 Å². The monoisotopic (exact) mass is 611 g/mol. The van der Waals surface area contributed by atoms with Gasteiger partial charge in [0.25, 0.3) is 0 Å². The zero-order valence-corrected chi connectivity index (χ0v) is 26.9. The van der Waals surface area contributed by atoms with Crippen LogP contribution in [0.3, 0.4) is 0 Å². The van der Waals surface area contributed by atoms with Crippen LogP contribution in [0.15, 0.2) is 72.8 Å². The lowest BCUT2D eigenvalue weighted by Gasteiger charge is -2.34. The van der Waals surface area contributed by atoms with Crippen molar-refractivity contribution in [1.82, 2.24) is 10.2 Å². The number of halogens is 1. The highest BCUT2D eigenvalue weighted by molar-refractivity contribution is 7.92. The molecular formula is C33H42ClN3O4S. The molecule has 2 amide bonds. The minimum Gasteiger partial charge on any atom is -0.350 e. The molecule has 0 saturated carbocycles. The van der Waals surface area contributed by atoms with Crippen LogP contribution in [0.4, 0.5) is 5.69 Å². The topological polar surface area (TPSA) is 86.8 Å². The van der Waals surface area contributed by atoms with Gasteiger partial charge >= 0.3 is 0 Å². The molecule has 0 fully saturated rings. The smallest absolute Gasteiger partial charge is 0.243 e. The lowest BCUT2D eigenvalue weighted by atomic mass is 10.00. The average molecular weight is 612 g/mol. The predicted molar refractivity (Wildman–Crippen MR) is 171 cm³/mol. The van der Waals surface area contributed by atoms with Gasteiger partial charge in [-0.15, -0.1) is 0 Å². The average Bonchev–Trinajstić information content (AvgIpc) is 2.89. The molecule has 3 rings (SSSR count). The molecule has 0 aliphatic rings. The summed E-state index contributed by atoms with van der Waals surface area (Å²) in [5.74, 6) is -0.496.